The number of carboxylic acids is 1. The maximum absolute atomic E-state index is 12.2. The molecule has 2 aliphatic rings. The first-order chi connectivity index (χ1) is 10.9. The first kappa shape index (κ1) is 18.8. The summed E-state index contributed by atoms with van der Waals surface area (Å²) in [6.07, 6.45) is -0.308. The van der Waals surface area contributed by atoms with Gasteiger partial charge >= 0.3 is 12.1 Å². The summed E-state index contributed by atoms with van der Waals surface area (Å²) in [5.74, 6) is -0.842. The predicted octanol–water partition coefficient (Wildman–Crippen LogP) is 1.62. The Balaban J connectivity index is 2.00. The largest absolute Gasteiger partial charge is 0.481 e. The van der Waals surface area contributed by atoms with Crippen LogP contribution in [0.25, 0.3) is 0 Å². The number of carbonyl (C=O) groups is 2. The minimum Gasteiger partial charge on any atom is -0.481 e. The molecule has 2 fully saturated rings. The van der Waals surface area contributed by atoms with Crippen LogP contribution < -0.4 is 0 Å². The maximum Gasteiger partial charge on any atom is 0.410 e. The van der Waals surface area contributed by atoms with Crippen molar-refractivity contribution < 1.29 is 19.4 Å². The summed E-state index contributed by atoms with van der Waals surface area (Å²) in [5.41, 5.74) is -1.39. The summed E-state index contributed by atoms with van der Waals surface area (Å²) in [5, 5.41) is 10.00. The highest BCUT2D eigenvalue weighted by molar-refractivity contribution is 7.80. The Morgan fingerprint density at radius 3 is 2.38 bits per heavy atom. The van der Waals surface area contributed by atoms with Crippen molar-refractivity contribution in [1.82, 2.24) is 14.7 Å². The molecule has 8 heteroatoms. The summed E-state index contributed by atoms with van der Waals surface area (Å²) in [6.45, 7) is 11.7. The van der Waals surface area contributed by atoms with Crippen molar-refractivity contribution in [3.63, 3.8) is 0 Å². The monoisotopic (exact) mass is 357 g/mol. The molecule has 2 rings (SSSR count). The van der Waals surface area contributed by atoms with Gasteiger partial charge in [0.2, 0.25) is 0 Å². The number of carboxylic acid groups (broad SMARTS) is 1. The zero-order chi connectivity index (χ0) is 18.3. The fourth-order valence-corrected chi connectivity index (χ4v) is 3.33. The van der Waals surface area contributed by atoms with E-state index in [1.165, 1.54) is 0 Å². The van der Waals surface area contributed by atoms with Gasteiger partial charge < -0.3 is 24.5 Å². The normalized spacial score (nSPS) is 21.8. The molecule has 24 heavy (non-hydrogen) atoms. The number of nitrogens with zero attached hydrogens (tertiary/aromatic N) is 3. The molecule has 0 spiro atoms. The molecule has 1 atom stereocenters. The molecule has 1 amide bonds. The molecule has 0 aliphatic carbocycles. The second-order valence-corrected chi connectivity index (χ2v) is 8.49. The van der Waals surface area contributed by atoms with E-state index in [2.05, 4.69) is 4.90 Å². The Hall–Kier alpha value is -1.57. The number of thiocarbonyl (C=S) groups is 1. The van der Waals surface area contributed by atoms with Crippen molar-refractivity contribution in [2.75, 3.05) is 32.7 Å². The molecule has 0 bridgehead atoms. The van der Waals surface area contributed by atoms with Gasteiger partial charge in [0.1, 0.15) is 5.60 Å². The van der Waals surface area contributed by atoms with Crippen LogP contribution in [0.1, 0.15) is 34.6 Å². The average Bonchev–Trinajstić information content (AvgIpc) is 2.72. The Morgan fingerprint density at radius 1 is 1.21 bits per heavy atom. The van der Waals surface area contributed by atoms with Crippen LogP contribution in [0.5, 0.6) is 0 Å². The highest BCUT2D eigenvalue weighted by Gasteiger charge is 2.42. The van der Waals surface area contributed by atoms with Crippen LogP contribution in [0.3, 0.4) is 0 Å². The van der Waals surface area contributed by atoms with E-state index < -0.39 is 17.0 Å². The quantitative estimate of drug-likeness (QED) is 0.770. The molecule has 0 saturated carbocycles. The SMILES string of the molecule is CC(C)(C)OC(=O)N1CCN2C(=S)N(CC(C)(C)C(=O)O)C[C@@H]2C1. The average molecular weight is 357 g/mol. The lowest BCUT2D eigenvalue weighted by Crippen LogP contribution is -2.54. The second-order valence-electron chi connectivity index (χ2n) is 8.13. The molecule has 7 nitrogen and oxygen atoms in total. The Bertz CT molecular complexity index is 544. The zero-order valence-corrected chi connectivity index (χ0v) is 15.9. The first-order valence-electron chi connectivity index (χ1n) is 8.17. The van der Waals surface area contributed by atoms with Crippen molar-refractivity contribution in [2.45, 2.75) is 46.3 Å². The summed E-state index contributed by atoms with van der Waals surface area (Å²) >= 11 is 5.51. The van der Waals surface area contributed by atoms with Crippen LogP contribution in [0.4, 0.5) is 4.79 Å². The van der Waals surface area contributed by atoms with Crippen molar-refractivity contribution in [3.05, 3.63) is 0 Å². The highest BCUT2D eigenvalue weighted by atomic mass is 32.1. The van der Waals surface area contributed by atoms with Gasteiger partial charge in [0.05, 0.1) is 11.5 Å². The van der Waals surface area contributed by atoms with E-state index in [4.69, 9.17) is 17.0 Å². The van der Waals surface area contributed by atoms with Crippen LogP contribution in [-0.2, 0) is 9.53 Å². The minimum absolute atomic E-state index is 0.0864. The second kappa shape index (κ2) is 6.38. The van der Waals surface area contributed by atoms with Crippen LogP contribution in [0.15, 0.2) is 0 Å². The van der Waals surface area contributed by atoms with E-state index in [0.29, 0.717) is 37.8 Å². The first-order valence-corrected chi connectivity index (χ1v) is 8.58. The number of amides is 1. The Labute approximate surface area is 148 Å². The van der Waals surface area contributed by atoms with Gasteiger partial charge in [-0.3, -0.25) is 4.79 Å². The Kier molecular flexibility index (Phi) is 4.99. The van der Waals surface area contributed by atoms with Gasteiger partial charge in [-0.15, -0.1) is 0 Å². The van der Waals surface area contributed by atoms with Gasteiger partial charge in [0, 0.05) is 32.7 Å². The van der Waals surface area contributed by atoms with Crippen LogP contribution >= 0.6 is 12.2 Å². The number of carbonyl (C=O) groups excluding carboxylic acids is 1. The van der Waals surface area contributed by atoms with E-state index in [-0.39, 0.29) is 12.1 Å². The molecule has 0 radical (unpaired) electrons. The van der Waals surface area contributed by atoms with Crippen LogP contribution in [-0.4, -0.2) is 81.3 Å². The topological polar surface area (TPSA) is 73.3 Å². The van der Waals surface area contributed by atoms with Crippen molar-refractivity contribution in [3.8, 4) is 0 Å². The van der Waals surface area contributed by atoms with Gasteiger partial charge in [-0.25, -0.2) is 4.79 Å². The minimum atomic E-state index is -0.872. The third-order valence-electron chi connectivity index (χ3n) is 4.25. The summed E-state index contributed by atoms with van der Waals surface area (Å²) in [7, 11) is 0. The van der Waals surface area contributed by atoms with E-state index in [0.717, 1.165) is 0 Å². The molecule has 0 unspecified atom stereocenters. The number of ether oxygens (including phenoxy) is 1. The maximum atomic E-state index is 12.2. The number of piperazine rings is 1. The van der Waals surface area contributed by atoms with Gasteiger partial charge in [-0.05, 0) is 46.8 Å². The lowest BCUT2D eigenvalue weighted by atomic mass is 9.93. The molecular weight excluding hydrogens is 330 g/mol. The molecule has 136 valence electrons. The van der Waals surface area contributed by atoms with Gasteiger partial charge in [0.25, 0.3) is 0 Å². The Morgan fingerprint density at radius 2 is 1.83 bits per heavy atom. The van der Waals surface area contributed by atoms with E-state index >= 15 is 0 Å². The molecule has 2 saturated heterocycles. The smallest absolute Gasteiger partial charge is 0.410 e. The summed E-state index contributed by atoms with van der Waals surface area (Å²) in [6, 6.07) is 0.0864. The molecule has 0 aromatic heterocycles. The van der Waals surface area contributed by atoms with Crippen molar-refractivity contribution in [2.24, 2.45) is 5.41 Å². The molecule has 1 N–H and O–H groups in total. The third-order valence-corrected chi connectivity index (χ3v) is 4.74. The van der Waals surface area contributed by atoms with E-state index in [9.17, 15) is 14.7 Å². The summed E-state index contributed by atoms with van der Waals surface area (Å²) < 4.78 is 5.44. The molecule has 2 heterocycles. The fraction of sp³-hybridized carbons (Fsp3) is 0.812. The summed E-state index contributed by atoms with van der Waals surface area (Å²) in [4.78, 5) is 29.3. The predicted molar refractivity (Wildman–Crippen MR) is 93.9 cm³/mol. The fourth-order valence-electron chi connectivity index (χ4n) is 2.95. The standard InChI is InChI=1S/C16H27N3O4S/c1-15(2,3)23-14(22)17-6-7-19-11(8-17)9-18(13(19)24)10-16(4,5)12(20)21/h11H,6-10H2,1-5H3,(H,20,21)/t11-/m0/s1. The van der Waals surface area contributed by atoms with Crippen molar-refractivity contribution in [1.29, 1.82) is 0 Å². The lowest BCUT2D eigenvalue weighted by Gasteiger charge is -2.37. The molecule has 0 aromatic rings. The molecule has 0 aromatic carbocycles. The zero-order valence-electron chi connectivity index (χ0n) is 15.0. The van der Waals surface area contributed by atoms with Gasteiger partial charge in [-0.2, -0.15) is 0 Å². The number of fused-ring (bicyclic) bond motifs is 1. The van der Waals surface area contributed by atoms with Crippen LogP contribution in [0.2, 0.25) is 0 Å². The lowest BCUT2D eigenvalue weighted by molar-refractivity contribution is -0.147. The number of hydrogen-bond donors (Lipinski definition) is 1. The van der Waals surface area contributed by atoms with Gasteiger partial charge in [0.15, 0.2) is 5.11 Å². The highest BCUT2D eigenvalue weighted by Crippen LogP contribution is 2.26. The molecule has 2 aliphatic heterocycles. The van der Waals surface area contributed by atoms with Crippen molar-refractivity contribution >= 4 is 29.4 Å². The molecular formula is C16H27N3O4S. The van der Waals surface area contributed by atoms with E-state index in [1.54, 1.807) is 18.7 Å². The number of aliphatic carboxylic acids is 1. The third kappa shape index (κ3) is 4.09. The number of rotatable bonds is 3. The van der Waals surface area contributed by atoms with E-state index in [1.807, 2.05) is 25.7 Å². The van der Waals surface area contributed by atoms with Crippen LogP contribution in [0, 0.1) is 5.41 Å². The van der Waals surface area contributed by atoms with Gasteiger partial charge in [-0.1, -0.05) is 0 Å². The number of hydrogen-bond acceptors (Lipinski definition) is 4.